The summed E-state index contributed by atoms with van der Waals surface area (Å²) in [6.45, 7) is 8.34. The zero-order chi connectivity index (χ0) is 10.7. The molecule has 0 aromatic rings. The molecule has 1 saturated heterocycles. The van der Waals surface area contributed by atoms with E-state index in [2.05, 4.69) is 20.8 Å². The Morgan fingerprint density at radius 2 is 1.80 bits per heavy atom. The Morgan fingerprint density at radius 3 is 2.40 bits per heavy atom. The van der Waals surface area contributed by atoms with Crippen LogP contribution in [0, 0.1) is 22.7 Å². The van der Waals surface area contributed by atoms with Gasteiger partial charge in [0, 0.05) is 12.0 Å². The lowest BCUT2D eigenvalue weighted by atomic mass is 9.44. The first-order valence-electron chi connectivity index (χ1n) is 6.67. The Hall–Kier alpha value is -0.0400. The van der Waals surface area contributed by atoms with Crippen molar-refractivity contribution in [2.45, 2.75) is 59.0 Å². The topological polar surface area (TPSA) is 9.23 Å². The molecule has 3 rings (SSSR count). The van der Waals surface area contributed by atoms with Crippen LogP contribution >= 0.6 is 0 Å². The smallest absolute Gasteiger partial charge is 0.0666 e. The molecule has 3 fully saturated rings. The minimum absolute atomic E-state index is 0.485. The summed E-state index contributed by atoms with van der Waals surface area (Å²) >= 11 is 0. The molecule has 0 aromatic carbocycles. The summed E-state index contributed by atoms with van der Waals surface area (Å²) in [5, 5.41) is 0. The lowest BCUT2D eigenvalue weighted by Gasteiger charge is -2.62. The second kappa shape index (κ2) is 3.00. The van der Waals surface area contributed by atoms with Crippen LogP contribution in [0.1, 0.15) is 52.9 Å². The fourth-order valence-corrected chi connectivity index (χ4v) is 5.16. The van der Waals surface area contributed by atoms with Crippen LogP contribution in [0.3, 0.4) is 0 Å². The van der Waals surface area contributed by atoms with Crippen LogP contribution in [0.15, 0.2) is 0 Å². The van der Waals surface area contributed by atoms with Gasteiger partial charge in [0.1, 0.15) is 0 Å². The van der Waals surface area contributed by atoms with Crippen molar-refractivity contribution in [1.29, 1.82) is 0 Å². The van der Waals surface area contributed by atoms with Crippen molar-refractivity contribution >= 4 is 0 Å². The van der Waals surface area contributed by atoms with E-state index in [4.69, 9.17) is 4.74 Å². The minimum Gasteiger partial charge on any atom is -0.377 e. The minimum atomic E-state index is 0.485. The molecule has 1 heteroatoms. The summed E-state index contributed by atoms with van der Waals surface area (Å²) in [5.41, 5.74) is 1.08. The number of hydrogen-bond acceptors (Lipinski definition) is 1. The molecule has 0 radical (unpaired) electrons. The number of fused-ring (bicyclic) bond motifs is 2. The first-order valence-corrected chi connectivity index (χ1v) is 6.67. The Morgan fingerprint density at radius 1 is 1.13 bits per heavy atom. The third-order valence-electron chi connectivity index (χ3n) is 5.22. The number of ether oxygens (including phenoxy) is 1. The van der Waals surface area contributed by atoms with E-state index in [-0.39, 0.29) is 0 Å². The summed E-state index contributed by atoms with van der Waals surface area (Å²) < 4.78 is 6.02. The van der Waals surface area contributed by atoms with Gasteiger partial charge in [0.25, 0.3) is 0 Å². The summed E-state index contributed by atoms with van der Waals surface area (Å²) in [4.78, 5) is 0. The molecule has 3 aliphatic rings. The molecule has 1 aliphatic heterocycles. The van der Waals surface area contributed by atoms with E-state index in [9.17, 15) is 0 Å². The van der Waals surface area contributed by atoms with Gasteiger partial charge in [0.15, 0.2) is 0 Å². The van der Waals surface area contributed by atoms with Crippen LogP contribution in [-0.4, -0.2) is 12.7 Å². The van der Waals surface area contributed by atoms with Crippen molar-refractivity contribution in [1.82, 2.24) is 0 Å². The van der Waals surface area contributed by atoms with E-state index in [0.29, 0.717) is 16.9 Å². The molecule has 15 heavy (non-hydrogen) atoms. The van der Waals surface area contributed by atoms with E-state index in [1.165, 1.54) is 32.1 Å². The highest BCUT2D eigenvalue weighted by molar-refractivity contribution is 5.15. The van der Waals surface area contributed by atoms with E-state index in [1.54, 1.807) is 0 Å². The molecule has 0 N–H and O–H groups in total. The number of rotatable bonds is 0. The summed E-state index contributed by atoms with van der Waals surface area (Å²) in [6.07, 6.45) is 7.74. The van der Waals surface area contributed by atoms with Crippen molar-refractivity contribution in [2.24, 2.45) is 22.7 Å². The molecule has 0 amide bonds. The van der Waals surface area contributed by atoms with Crippen molar-refractivity contribution in [3.63, 3.8) is 0 Å². The van der Waals surface area contributed by atoms with E-state index < -0.39 is 0 Å². The Bertz CT molecular complexity index is 257. The predicted molar refractivity (Wildman–Crippen MR) is 61.7 cm³/mol. The summed E-state index contributed by atoms with van der Waals surface area (Å²) in [5.74, 6) is 1.82. The Kier molecular flexibility index (Phi) is 2.03. The molecule has 1 nitrogen and oxygen atoms in total. The molecule has 1 heterocycles. The van der Waals surface area contributed by atoms with Crippen LogP contribution in [0.2, 0.25) is 0 Å². The number of hydrogen-bond donors (Lipinski definition) is 0. The van der Waals surface area contributed by atoms with Crippen LogP contribution in [0.5, 0.6) is 0 Å². The largest absolute Gasteiger partial charge is 0.377 e. The molecule has 0 aromatic heterocycles. The van der Waals surface area contributed by atoms with Crippen molar-refractivity contribution < 1.29 is 4.74 Å². The third kappa shape index (κ3) is 1.19. The van der Waals surface area contributed by atoms with Gasteiger partial charge in [0.2, 0.25) is 0 Å². The Labute approximate surface area is 93.6 Å². The quantitative estimate of drug-likeness (QED) is 0.590. The zero-order valence-electron chi connectivity index (χ0n) is 10.4. The molecule has 3 unspecified atom stereocenters. The maximum Gasteiger partial charge on any atom is 0.0666 e. The van der Waals surface area contributed by atoms with E-state index in [0.717, 1.165) is 18.4 Å². The fourth-order valence-electron chi connectivity index (χ4n) is 5.16. The first kappa shape index (κ1) is 10.1. The summed E-state index contributed by atoms with van der Waals surface area (Å²) in [6, 6.07) is 0. The average Bonchev–Trinajstić information content (AvgIpc) is 2.66. The molecule has 2 aliphatic carbocycles. The SMILES string of the molecule is CC(C)(C)C1C2CCOC2C12CCCC2. The predicted octanol–water partition coefficient (Wildman–Crippen LogP) is 3.63. The molecule has 3 atom stereocenters. The average molecular weight is 208 g/mol. The molecule has 2 saturated carbocycles. The van der Waals surface area contributed by atoms with Gasteiger partial charge in [-0.2, -0.15) is 0 Å². The first-order chi connectivity index (χ1) is 7.06. The second-order valence-corrected chi connectivity index (χ2v) is 7.03. The van der Waals surface area contributed by atoms with Gasteiger partial charge in [-0.1, -0.05) is 33.6 Å². The highest BCUT2D eigenvalue weighted by atomic mass is 16.5. The van der Waals surface area contributed by atoms with E-state index in [1.807, 2.05) is 0 Å². The maximum atomic E-state index is 6.02. The van der Waals surface area contributed by atoms with Crippen LogP contribution in [0.4, 0.5) is 0 Å². The monoisotopic (exact) mass is 208 g/mol. The maximum absolute atomic E-state index is 6.02. The second-order valence-electron chi connectivity index (χ2n) is 7.03. The highest BCUT2D eigenvalue weighted by Crippen LogP contribution is 2.68. The lowest BCUT2D eigenvalue weighted by molar-refractivity contribution is -0.193. The lowest BCUT2D eigenvalue weighted by Crippen LogP contribution is -2.61. The zero-order valence-corrected chi connectivity index (χ0v) is 10.4. The van der Waals surface area contributed by atoms with Crippen molar-refractivity contribution in [3.05, 3.63) is 0 Å². The van der Waals surface area contributed by atoms with Crippen LogP contribution < -0.4 is 0 Å². The standard InChI is InChI=1S/C14H24O/c1-13(2,3)11-10-6-9-15-12(10)14(11)7-4-5-8-14/h10-12H,4-9H2,1-3H3. The van der Waals surface area contributed by atoms with Gasteiger partial charge in [-0.25, -0.2) is 0 Å². The van der Waals surface area contributed by atoms with Crippen molar-refractivity contribution in [2.75, 3.05) is 6.61 Å². The fraction of sp³-hybridized carbons (Fsp3) is 1.00. The van der Waals surface area contributed by atoms with Gasteiger partial charge in [-0.05, 0) is 36.5 Å². The van der Waals surface area contributed by atoms with Gasteiger partial charge >= 0.3 is 0 Å². The highest BCUT2D eigenvalue weighted by Gasteiger charge is 2.67. The molecule has 0 bridgehead atoms. The molecular weight excluding hydrogens is 184 g/mol. The van der Waals surface area contributed by atoms with Gasteiger partial charge < -0.3 is 4.74 Å². The van der Waals surface area contributed by atoms with Crippen LogP contribution in [0.25, 0.3) is 0 Å². The van der Waals surface area contributed by atoms with E-state index >= 15 is 0 Å². The van der Waals surface area contributed by atoms with Gasteiger partial charge in [-0.15, -0.1) is 0 Å². The molecular formula is C14H24O. The van der Waals surface area contributed by atoms with Gasteiger partial charge in [0.05, 0.1) is 6.10 Å². The van der Waals surface area contributed by atoms with Gasteiger partial charge in [-0.3, -0.25) is 0 Å². The summed E-state index contributed by atoms with van der Waals surface area (Å²) in [7, 11) is 0. The molecule has 86 valence electrons. The third-order valence-corrected chi connectivity index (χ3v) is 5.22. The molecule has 1 spiro atoms. The van der Waals surface area contributed by atoms with Crippen LogP contribution in [-0.2, 0) is 4.74 Å². The normalized spacial score (nSPS) is 43.0. The Balaban J connectivity index is 1.91. The van der Waals surface area contributed by atoms with Crippen molar-refractivity contribution in [3.8, 4) is 0 Å².